The molecule has 17 heavy (non-hydrogen) atoms. The van der Waals surface area contributed by atoms with Crippen LogP contribution in [0, 0.1) is 11.6 Å². The Bertz CT molecular complexity index is 378. The quantitative estimate of drug-likeness (QED) is 0.853. The van der Waals surface area contributed by atoms with Gasteiger partial charge in [-0.25, -0.2) is 8.78 Å². The summed E-state index contributed by atoms with van der Waals surface area (Å²) in [6.45, 7) is 5.27. The fraction of sp³-hybridized carbons (Fsp3) is 0.538. The van der Waals surface area contributed by atoms with Crippen molar-refractivity contribution in [2.24, 2.45) is 0 Å². The van der Waals surface area contributed by atoms with Crippen molar-refractivity contribution in [3.8, 4) is 0 Å². The van der Waals surface area contributed by atoms with Crippen molar-refractivity contribution in [3.05, 3.63) is 35.4 Å². The monoisotopic (exact) mass is 242 g/mol. The first-order valence-electron chi connectivity index (χ1n) is 5.65. The van der Waals surface area contributed by atoms with E-state index in [1.54, 1.807) is 0 Å². The zero-order valence-corrected chi connectivity index (χ0v) is 10.8. The van der Waals surface area contributed by atoms with Crippen LogP contribution in [-0.2, 0) is 6.54 Å². The highest BCUT2D eigenvalue weighted by atomic mass is 19.1. The minimum absolute atomic E-state index is 0.0570. The van der Waals surface area contributed by atoms with Gasteiger partial charge in [0, 0.05) is 24.2 Å². The van der Waals surface area contributed by atoms with Gasteiger partial charge in [0.2, 0.25) is 0 Å². The van der Waals surface area contributed by atoms with E-state index >= 15 is 0 Å². The fourth-order valence-corrected chi connectivity index (χ4v) is 1.77. The van der Waals surface area contributed by atoms with Gasteiger partial charge in [0.15, 0.2) is 0 Å². The molecule has 0 spiro atoms. The van der Waals surface area contributed by atoms with E-state index in [2.05, 4.69) is 19.2 Å². The second-order valence-corrected chi connectivity index (χ2v) is 5.04. The summed E-state index contributed by atoms with van der Waals surface area (Å²) in [5, 5.41) is 3.17. The molecule has 0 amide bonds. The van der Waals surface area contributed by atoms with Crippen molar-refractivity contribution in [1.29, 1.82) is 0 Å². The molecule has 4 heteroatoms. The highest BCUT2D eigenvalue weighted by Gasteiger charge is 2.18. The molecule has 0 saturated heterocycles. The van der Waals surface area contributed by atoms with Crippen LogP contribution in [0.5, 0.6) is 0 Å². The van der Waals surface area contributed by atoms with Crippen LogP contribution in [0.3, 0.4) is 0 Å². The van der Waals surface area contributed by atoms with E-state index in [1.807, 2.05) is 19.0 Å². The Morgan fingerprint density at radius 3 is 2.53 bits per heavy atom. The van der Waals surface area contributed by atoms with E-state index in [0.717, 1.165) is 12.6 Å². The van der Waals surface area contributed by atoms with Crippen molar-refractivity contribution < 1.29 is 8.78 Å². The smallest absolute Gasteiger partial charge is 0.127 e. The lowest BCUT2D eigenvalue weighted by atomic mass is 10.1. The number of nitrogens with zero attached hydrogens (tertiary/aromatic N) is 1. The Kier molecular flexibility index (Phi) is 4.60. The highest BCUT2D eigenvalue weighted by molar-refractivity contribution is 5.18. The normalized spacial score (nSPS) is 12.2. The number of benzene rings is 1. The average Bonchev–Trinajstić information content (AvgIpc) is 2.23. The molecule has 1 N–H and O–H groups in total. The van der Waals surface area contributed by atoms with Crippen molar-refractivity contribution >= 4 is 0 Å². The number of hydrogen-bond acceptors (Lipinski definition) is 2. The maximum absolute atomic E-state index is 13.4. The highest BCUT2D eigenvalue weighted by Crippen LogP contribution is 2.13. The Balaban J connectivity index is 2.68. The Hall–Kier alpha value is -1.00. The first-order chi connectivity index (χ1) is 7.84. The van der Waals surface area contributed by atoms with Crippen LogP contribution in [0.15, 0.2) is 18.2 Å². The van der Waals surface area contributed by atoms with Crippen LogP contribution in [-0.4, -0.2) is 31.1 Å². The molecule has 0 heterocycles. The second kappa shape index (κ2) is 5.56. The average molecular weight is 242 g/mol. The van der Waals surface area contributed by atoms with E-state index in [0.29, 0.717) is 12.1 Å². The number of likely N-dealkylation sites (N-methyl/N-ethyl adjacent to an activating group) is 2. The van der Waals surface area contributed by atoms with Crippen LogP contribution < -0.4 is 5.32 Å². The Morgan fingerprint density at radius 2 is 1.94 bits per heavy atom. The predicted octanol–water partition coefficient (Wildman–Crippen LogP) is 2.39. The van der Waals surface area contributed by atoms with Crippen LogP contribution in [0.1, 0.15) is 19.4 Å². The molecule has 1 aromatic rings. The van der Waals surface area contributed by atoms with E-state index in [-0.39, 0.29) is 11.4 Å². The molecule has 1 rings (SSSR count). The molecule has 0 unspecified atom stereocenters. The third kappa shape index (κ3) is 4.40. The maximum atomic E-state index is 13.4. The summed E-state index contributed by atoms with van der Waals surface area (Å²) in [4.78, 5) is 1.97. The first-order valence-corrected chi connectivity index (χ1v) is 5.65. The van der Waals surface area contributed by atoms with Crippen molar-refractivity contribution in [2.75, 3.05) is 20.6 Å². The van der Waals surface area contributed by atoms with Gasteiger partial charge in [-0.3, -0.25) is 0 Å². The largest absolute Gasteiger partial charge is 0.314 e. The lowest BCUT2D eigenvalue weighted by Crippen LogP contribution is -2.46. The van der Waals surface area contributed by atoms with Crippen molar-refractivity contribution in [3.63, 3.8) is 0 Å². The lowest BCUT2D eigenvalue weighted by molar-refractivity contribution is 0.235. The molecule has 0 aromatic heterocycles. The van der Waals surface area contributed by atoms with Gasteiger partial charge in [0.1, 0.15) is 11.6 Å². The molecule has 0 aliphatic rings. The van der Waals surface area contributed by atoms with Gasteiger partial charge in [-0.1, -0.05) is 0 Å². The van der Waals surface area contributed by atoms with Crippen LogP contribution in [0.4, 0.5) is 8.78 Å². The molecule has 0 aliphatic carbocycles. The molecular formula is C13H20F2N2. The number of rotatable bonds is 5. The van der Waals surface area contributed by atoms with Gasteiger partial charge < -0.3 is 10.2 Å². The summed E-state index contributed by atoms with van der Waals surface area (Å²) in [6.07, 6.45) is 0. The molecule has 0 saturated carbocycles. The van der Waals surface area contributed by atoms with Gasteiger partial charge in [0.25, 0.3) is 0 Å². The minimum Gasteiger partial charge on any atom is -0.314 e. The molecular weight excluding hydrogens is 222 g/mol. The Morgan fingerprint density at radius 1 is 1.29 bits per heavy atom. The van der Waals surface area contributed by atoms with Crippen LogP contribution in [0.25, 0.3) is 0 Å². The minimum atomic E-state index is -0.400. The molecule has 0 fully saturated rings. The van der Waals surface area contributed by atoms with Crippen LogP contribution >= 0.6 is 0 Å². The maximum Gasteiger partial charge on any atom is 0.127 e. The summed E-state index contributed by atoms with van der Waals surface area (Å²) in [5.41, 5.74) is 0.331. The number of nitrogens with one attached hydrogen (secondary N) is 1. The third-order valence-corrected chi connectivity index (χ3v) is 2.79. The van der Waals surface area contributed by atoms with Gasteiger partial charge in [0.05, 0.1) is 0 Å². The molecule has 0 radical (unpaired) electrons. The SMILES string of the molecule is CNC(C)(C)CN(C)Cc1cc(F)ccc1F. The van der Waals surface area contributed by atoms with E-state index in [1.165, 1.54) is 12.1 Å². The predicted molar refractivity (Wildman–Crippen MR) is 65.8 cm³/mol. The van der Waals surface area contributed by atoms with Gasteiger partial charge in [-0.05, 0) is 46.1 Å². The van der Waals surface area contributed by atoms with E-state index in [4.69, 9.17) is 0 Å². The van der Waals surface area contributed by atoms with E-state index < -0.39 is 5.82 Å². The van der Waals surface area contributed by atoms with Gasteiger partial charge in [-0.2, -0.15) is 0 Å². The summed E-state index contributed by atoms with van der Waals surface area (Å²) < 4.78 is 26.4. The van der Waals surface area contributed by atoms with Gasteiger partial charge >= 0.3 is 0 Å². The fourth-order valence-electron chi connectivity index (χ4n) is 1.77. The third-order valence-electron chi connectivity index (χ3n) is 2.79. The van der Waals surface area contributed by atoms with Crippen molar-refractivity contribution in [1.82, 2.24) is 10.2 Å². The van der Waals surface area contributed by atoms with Crippen molar-refractivity contribution in [2.45, 2.75) is 25.9 Å². The first kappa shape index (κ1) is 14.1. The van der Waals surface area contributed by atoms with Crippen LogP contribution in [0.2, 0.25) is 0 Å². The molecule has 0 atom stereocenters. The topological polar surface area (TPSA) is 15.3 Å². The Labute approximate surface area is 102 Å². The van der Waals surface area contributed by atoms with E-state index in [9.17, 15) is 8.78 Å². The molecule has 2 nitrogen and oxygen atoms in total. The molecule has 1 aromatic carbocycles. The standard InChI is InChI=1S/C13H20F2N2/c1-13(2,16-3)9-17(4)8-10-7-11(14)5-6-12(10)15/h5-7,16H,8-9H2,1-4H3. The molecule has 0 bridgehead atoms. The molecule has 96 valence electrons. The number of hydrogen-bond donors (Lipinski definition) is 1. The zero-order chi connectivity index (χ0) is 13.1. The summed E-state index contributed by atoms with van der Waals surface area (Å²) in [5.74, 6) is -0.761. The number of halogens is 2. The summed E-state index contributed by atoms with van der Waals surface area (Å²) in [7, 11) is 3.78. The zero-order valence-electron chi connectivity index (χ0n) is 10.8. The van der Waals surface area contributed by atoms with Gasteiger partial charge in [-0.15, -0.1) is 0 Å². The summed E-state index contributed by atoms with van der Waals surface area (Å²) in [6, 6.07) is 3.55. The molecule has 0 aliphatic heterocycles. The summed E-state index contributed by atoms with van der Waals surface area (Å²) >= 11 is 0. The second-order valence-electron chi connectivity index (χ2n) is 5.04. The lowest BCUT2D eigenvalue weighted by Gasteiger charge is -2.30.